The van der Waals surface area contributed by atoms with E-state index >= 15 is 0 Å². The lowest BCUT2D eigenvalue weighted by Gasteiger charge is -2.05. The summed E-state index contributed by atoms with van der Waals surface area (Å²) in [7, 11) is -4.16. The lowest BCUT2D eigenvalue weighted by molar-refractivity contribution is 0.101. The lowest BCUT2D eigenvalue weighted by Crippen LogP contribution is -2.11. The van der Waals surface area contributed by atoms with E-state index in [1.165, 1.54) is 42.5 Å². The van der Waals surface area contributed by atoms with E-state index < -0.39 is 13.5 Å². The molecular formula is C17H14BrN2O5PS. The molecule has 1 amide bonds. The molecule has 0 bridgehead atoms. The third-order valence-electron chi connectivity index (χ3n) is 3.66. The molecule has 0 saturated heterocycles. The van der Waals surface area contributed by atoms with Gasteiger partial charge in [0.1, 0.15) is 0 Å². The second-order valence-corrected chi connectivity index (χ2v) is 9.44. The van der Waals surface area contributed by atoms with E-state index in [9.17, 15) is 14.2 Å². The minimum atomic E-state index is -4.16. The van der Waals surface area contributed by atoms with Gasteiger partial charge in [0.05, 0.1) is 16.4 Å². The largest absolute Gasteiger partial charge is 0.329 e. The maximum Gasteiger partial charge on any atom is 0.329 e. The van der Waals surface area contributed by atoms with Crippen LogP contribution in [0.25, 0.3) is 10.2 Å². The first kappa shape index (κ1) is 19.9. The van der Waals surface area contributed by atoms with Gasteiger partial charge < -0.3 is 9.79 Å². The Bertz CT molecular complexity index is 1090. The number of amides is 1. The molecular weight excluding hydrogens is 455 g/mol. The van der Waals surface area contributed by atoms with Crippen molar-refractivity contribution in [1.29, 1.82) is 0 Å². The van der Waals surface area contributed by atoms with E-state index in [1.54, 1.807) is 6.07 Å². The highest BCUT2D eigenvalue weighted by atomic mass is 79.9. The third kappa shape index (κ3) is 4.88. The smallest absolute Gasteiger partial charge is 0.324 e. The van der Waals surface area contributed by atoms with Crippen molar-refractivity contribution in [3.63, 3.8) is 0 Å². The quantitative estimate of drug-likeness (QED) is 0.381. The van der Waals surface area contributed by atoms with E-state index in [2.05, 4.69) is 26.2 Å². The van der Waals surface area contributed by atoms with Crippen molar-refractivity contribution in [3.05, 3.63) is 57.6 Å². The SMILES string of the molecule is CC(=O)c1cc(Br)cc2sc(NC(=O)c3ccc(CP(=O)(O)O)cc3)nc12. The van der Waals surface area contributed by atoms with Gasteiger partial charge in [-0.25, -0.2) is 4.98 Å². The van der Waals surface area contributed by atoms with Gasteiger partial charge in [0, 0.05) is 15.6 Å². The zero-order valence-electron chi connectivity index (χ0n) is 14.0. The van der Waals surface area contributed by atoms with Gasteiger partial charge in [-0.15, -0.1) is 0 Å². The van der Waals surface area contributed by atoms with Crippen molar-refractivity contribution in [3.8, 4) is 0 Å². The molecule has 0 radical (unpaired) electrons. The molecule has 0 fully saturated rings. The Morgan fingerprint density at radius 2 is 1.89 bits per heavy atom. The molecule has 3 aromatic rings. The summed E-state index contributed by atoms with van der Waals surface area (Å²) in [6.45, 7) is 1.46. The molecule has 140 valence electrons. The Morgan fingerprint density at radius 3 is 2.48 bits per heavy atom. The lowest BCUT2D eigenvalue weighted by atomic mass is 10.1. The van der Waals surface area contributed by atoms with E-state index in [1.807, 2.05) is 6.07 Å². The Kier molecular flexibility index (Phi) is 5.60. The summed E-state index contributed by atoms with van der Waals surface area (Å²) in [5, 5.41) is 3.05. The highest BCUT2D eigenvalue weighted by molar-refractivity contribution is 9.10. The zero-order valence-corrected chi connectivity index (χ0v) is 17.3. The number of halogens is 1. The van der Waals surface area contributed by atoms with Crippen LogP contribution in [0.15, 0.2) is 40.9 Å². The first-order valence-electron chi connectivity index (χ1n) is 7.68. The van der Waals surface area contributed by atoms with Gasteiger partial charge >= 0.3 is 7.60 Å². The number of hydrogen-bond acceptors (Lipinski definition) is 5. The zero-order chi connectivity index (χ0) is 19.8. The molecule has 7 nitrogen and oxygen atoms in total. The van der Waals surface area contributed by atoms with Crippen LogP contribution in [-0.2, 0) is 10.7 Å². The molecule has 27 heavy (non-hydrogen) atoms. The molecule has 0 unspecified atom stereocenters. The molecule has 10 heteroatoms. The second kappa shape index (κ2) is 7.61. The number of hydrogen-bond donors (Lipinski definition) is 3. The molecule has 1 heterocycles. The monoisotopic (exact) mass is 468 g/mol. The molecule has 0 spiro atoms. The van der Waals surface area contributed by atoms with Crippen LogP contribution in [0.3, 0.4) is 0 Å². The number of carbonyl (C=O) groups excluding carboxylic acids is 2. The molecule has 0 aliphatic carbocycles. The molecule has 1 aromatic heterocycles. The van der Waals surface area contributed by atoms with Crippen molar-refractivity contribution in [2.75, 3.05) is 5.32 Å². The van der Waals surface area contributed by atoms with Gasteiger partial charge in [-0.2, -0.15) is 0 Å². The predicted molar refractivity (Wildman–Crippen MR) is 107 cm³/mol. The maximum absolute atomic E-state index is 12.4. The fraction of sp³-hybridized carbons (Fsp3) is 0.118. The first-order valence-corrected chi connectivity index (χ1v) is 11.1. The van der Waals surface area contributed by atoms with E-state index in [4.69, 9.17) is 9.79 Å². The predicted octanol–water partition coefficient (Wildman–Crippen LogP) is 4.19. The molecule has 3 N–H and O–H groups in total. The van der Waals surface area contributed by atoms with Crippen LogP contribution < -0.4 is 5.32 Å². The molecule has 0 saturated carbocycles. The highest BCUT2D eigenvalue weighted by Gasteiger charge is 2.16. The number of fused-ring (bicyclic) bond motifs is 1. The fourth-order valence-electron chi connectivity index (χ4n) is 2.49. The van der Waals surface area contributed by atoms with Crippen LogP contribution in [-0.4, -0.2) is 26.5 Å². The van der Waals surface area contributed by atoms with Gasteiger partial charge in [0.2, 0.25) is 0 Å². The summed E-state index contributed by atoms with van der Waals surface area (Å²) in [4.78, 5) is 46.5. The number of ketones is 1. The summed E-state index contributed by atoms with van der Waals surface area (Å²) in [6, 6.07) is 9.49. The van der Waals surface area contributed by atoms with Gasteiger partial charge in [-0.3, -0.25) is 19.5 Å². The summed E-state index contributed by atoms with van der Waals surface area (Å²) in [5.41, 5.74) is 1.77. The number of carbonyl (C=O) groups is 2. The Hall–Kier alpha value is -1.90. The molecule has 3 rings (SSSR count). The summed E-state index contributed by atoms with van der Waals surface area (Å²) in [5.74, 6) is -0.523. The third-order valence-corrected chi connectivity index (χ3v) is 5.82. The first-order chi connectivity index (χ1) is 12.6. The minimum Gasteiger partial charge on any atom is -0.324 e. The van der Waals surface area contributed by atoms with Crippen LogP contribution in [0.4, 0.5) is 5.13 Å². The Balaban J connectivity index is 1.83. The van der Waals surface area contributed by atoms with E-state index in [0.29, 0.717) is 27.3 Å². The van der Waals surface area contributed by atoms with E-state index in [-0.39, 0.29) is 11.9 Å². The second-order valence-electron chi connectivity index (χ2n) is 5.85. The molecule has 2 aromatic carbocycles. The summed E-state index contributed by atoms with van der Waals surface area (Å²) in [6.07, 6.45) is -0.379. The standard InChI is InChI=1S/C17H14BrN2O5PS/c1-9(21)13-6-12(18)7-14-15(13)19-17(27-14)20-16(22)11-4-2-10(3-5-11)8-26(23,24)25/h2-7H,8H2,1H3,(H,19,20,22)(H2,23,24,25). The van der Waals surface area contributed by atoms with Crippen molar-refractivity contribution in [2.45, 2.75) is 13.1 Å². The van der Waals surface area contributed by atoms with Crippen molar-refractivity contribution >= 4 is 61.9 Å². The van der Waals surface area contributed by atoms with Crippen molar-refractivity contribution < 1.29 is 23.9 Å². The number of anilines is 1. The fourth-order valence-corrected chi connectivity index (χ4v) is 4.71. The highest BCUT2D eigenvalue weighted by Crippen LogP contribution is 2.39. The summed E-state index contributed by atoms with van der Waals surface area (Å²) < 4.78 is 12.5. The number of aromatic nitrogens is 1. The number of benzene rings is 2. The van der Waals surface area contributed by atoms with Gasteiger partial charge in [0.15, 0.2) is 10.9 Å². The van der Waals surface area contributed by atoms with Crippen molar-refractivity contribution in [2.24, 2.45) is 0 Å². The molecule has 0 aliphatic rings. The minimum absolute atomic E-state index is 0.120. The average Bonchev–Trinajstić information content (AvgIpc) is 2.94. The van der Waals surface area contributed by atoms with Crippen LogP contribution in [0.1, 0.15) is 33.2 Å². The Labute approximate surface area is 166 Å². The van der Waals surface area contributed by atoms with Crippen LogP contribution in [0, 0.1) is 0 Å². The van der Waals surface area contributed by atoms with Crippen molar-refractivity contribution in [1.82, 2.24) is 4.98 Å². The molecule has 0 atom stereocenters. The van der Waals surface area contributed by atoms with Gasteiger partial charge in [-0.1, -0.05) is 39.4 Å². The van der Waals surface area contributed by atoms with Gasteiger partial charge in [-0.05, 0) is 36.8 Å². The number of nitrogens with zero attached hydrogens (tertiary/aromatic N) is 1. The van der Waals surface area contributed by atoms with Crippen LogP contribution in [0.2, 0.25) is 0 Å². The van der Waals surface area contributed by atoms with Crippen LogP contribution >= 0.6 is 34.9 Å². The number of nitrogens with one attached hydrogen (secondary N) is 1. The topological polar surface area (TPSA) is 117 Å². The normalized spacial score (nSPS) is 11.6. The van der Waals surface area contributed by atoms with Crippen LogP contribution in [0.5, 0.6) is 0 Å². The summed E-state index contributed by atoms with van der Waals surface area (Å²) >= 11 is 4.61. The van der Waals surface area contributed by atoms with Gasteiger partial charge in [0.25, 0.3) is 5.91 Å². The maximum atomic E-state index is 12.4. The van der Waals surface area contributed by atoms with E-state index in [0.717, 1.165) is 9.17 Å². The number of Topliss-reactive ketones (excluding diaryl/α,β-unsaturated/α-hetero) is 1. The number of rotatable bonds is 5. The number of thiazole rings is 1. The molecule has 0 aliphatic heterocycles. The average molecular weight is 469 g/mol. The Morgan fingerprint density at radius 1 is 1.22 bits per heavy atom.